The number of halogens is 1. The van der Waals surface area contributed by atoms with Crippen LogP contribution >= 0.6 is 11.6 Å². The van der Waals surface area contributed by atoms with Crippen LogP contribution in [0.25, 0.3) is 6.08 Å². The third-order valence-electron chi connectivity index (χ3n) is 4.81. The molecule has 0 radical (unpaired) electrons. The van der Waals surface area contributed by atoms with Crippen LogP contribution in [-0.2, 0) is 9.53 Å². The van der Waals surface area contributed by atoms with Crippen molar-refractivity contribution in [1.82, 2.24) is 5.32 Å². The fourth-order valence-corrected chi connectivity index (χ4v) is 3.37. The largest absolute Gasteiger partial charge is 0.493 e. The van der Waals surface area contributed by atoms with Crippen molar-refractivity contribution < 1.29 is 23.7 Å². The summed E-state index contributed by atoms with van der Waals surface area (Å²) in [5.41, 5.74) is 0.650. The Bertz CT molecular complexity index is 996. The van der Waals surface area contributed by atoms with Crippen molar-refractivity contribution >= 4 is 23.6 Å². The van der Waals surface area contributed by atoms with Crippen LogP contribution < -0.4 is 19.5 Å². The maximum absolute atomic E-state index is 12.3. The van der Waals surface area contributed by atoms with E-state index in [0.717, 1.165) is 12.8 Å². The quantitative estimate of drug-likeness (QED) is 0.330. The molecule has 1 saturated heterocycles. The van der Waals surface area contributed by atoms with E-state index in [2.05, 4.69) is 5.32 Å². The van der Waals surface area contributed by atoms with Crippen molar-refractivity contribution in [3.8, 4) is 23.3 Å². The van der Waals surface area contributed by atoms with E-state index in [1.807, 2.05) is 18.2 Å². The molecule has 0 aliphatic carbocycles. The summed E-state index contributed by atoms with van der Waals surface area (Å²) in [6, 6.07) is 14.3. The van der Waals surface area contributed by atoms with E-state index < -0.39 is 5.91 Å². The Labute approximate surface area is 192 Å². The number of para-hydroxylation sites is 1. The molecule has 1 aliphatic heterocycles. The third-order valence-corrected chi connectivity index (χ3v) is 5.13. The number of rotatable bonds is 10. The normalized spacial score (nSPS) is 15.7. The van der Waals surface area contributed by atoms with Gasteiger partial charge < -0.3 is 24.3 Å². The van der Waals surface area contributed by atoms with E-state index in [0.29, 0.717) is 47.6 Å². The van der Waals surface area contributed by atoms with Crippen LogP contribution in [0.4, 0.5) is 0 Å². The zero-order chi connectivity index (χ0) is 22.8. The number of benzene rings is 2. The highest BCUT2D eigenvalue weighted by Gasteiger charge is 2.17. The molecule has 0 unspecified atom stereocenters. The molecule has 1 aliphatic rings. The molecule has 7 nitrogen and oxygen atoms in total. The minimum Gasteiger partial charge on any atom is -0.493 e. The van der Waals surface area contributed by atoms with E-state index in [4.69, 9.17) is 30.5 Å². The molecule has 1 N–H and O–H groups in total. The van der Waals surface area contributed by atoms with Gasteiger partial charge in [0.25, 0.3) is 5.91 Å². The Morgan fingerprint density at radius 1 is 1.22 bits per heavy atom. The van der Waals surface area contributed by atoms with Gasteiger partial charge in [0.15, 0.2) is 11.5 Å². The molecule has 0 bridgehead atoms. The third kappa shape index (κ3) is 6.64. The lowest BCUT2D eigenvalue weighted by Gasteiger charge is -2.13. The first-order valence-corrected chi connectivity index (χ1v) is 10.7. The summed E-state index contributed by atoms with van der Waals surface area (Å²) in [5, 5.41) is 12.7. The minimum absolute atomic E-state index is 0.00635. The van der Waals surface area contributed by atoms with Crippen LogP contribution in [0, 0.1) is 11.3 Å². The second kappa shape index (κ2) is 12.0. The van der Waals surface area contributed by atoms with Crippen LogP contribution in [-0.4, -0.2) is 45.5 Å². The number of hydrogen-bond donors (Lipinski definition) is 1. The van der Waals surface area contributed by atoms with Gasteiger partial charge in [0.05, 0.1) is 18.2 Å². The van der Waals surface area contributed by atoms with Crippen LogP contribution in [0.2, 0.25) is 5.02 Å². The van der Waals surface area contributed by atoms with E-state index in [1.54, 1.807) is 30.3 Å². The smallest absolute Gasteiger partial charge is 0.262 e. The lowest BCUT2D eigenvalue weighted by molar-refractivity contribution is -0.117. The number of carbonyl (C=O) groups excluding carboxylic acids is 1. The fourth-order valence-electron chi connectivity index (χ4n) is 3.18. The van der Waals surface area contributed by atoms with Gasteiger partial charge in [-0.1, -0.05) is 29.8 Å². The molecule has 0 spiro atoms. The average Bonchev–Trinajstić information content (AvgIpc) is 3.34. The number of nitrogens with one attached hydrogen (secondary N) is 1. The van der Waals surface area contributed by atoms with E-state index in [-0.39, 0.29) is 18.3 Å². The molecule has 1 amide bonds. The summed E-state index contributed by atoms with van der Waals surface area (Å²) in [5.74, 6) is 1.16. The molecule has 2 aromatic rings. The molecular weight excluding hydrogens is 432 g/mol. The monoisotopic (exact) mass is 456 g/mol. The van der Waals surface area contributed by atoms with Gasteiger partial charge in [-0.3, -0.25) is 4.79 Å². The van der Waals surface area contributed by atoms with Gasteiger partial charge in [-0.25, -0.2) is 0 Å². The van der Waals surface area contributed by atoms with Crippen molar-refractivity contribution in [3.63, 3.8) is 0 Å². The first-order chi connectivity index (χ1) is 15.6. The second-order valence-corrected chi connectivity index (χ2v) is 7.46. The molecule has 8 heteroatoms. The summed E-state index contributed by atoms with van der Waals surface area (Å²) in [6.45, 7) is 1.69. The molecule has 32 heavy (non-hydrogen) atoms. The highest BCUT2D eigenvalue weighted by atomic mass is 35.5. The lowest BCUT2D eigenvalue weighted by Crippen LogP contribution is -2.32. The molecular formula is C24H25ClN2O5. The Morgan fingerprint density at radius 3 is 2.69 bits per heavy atom. The minimum atomic E-state index is -0.431. The number of ether oxygens (including phenoxy) is 4. The molecule has 1 atom stereocenters. The van der Waals surface area contributed by atoms with Crippen LogP contribution in [0.1, 0.15) is 18.4 Å². The van der Waals surface area contributed by atoms with Crippen molar-refractivity contribution in [2.75, 3.05) is 33.5 Å². The van der Waals surface area contributed by atoms with Gasteiger partial charge in [0.2, 0.25) is 0 Å². The highest BCUT2D eigenvalue weighted by molar-refractivity contribution is 6.32. The number of carbonyl (C=O) groups is 1. The Hall–Kier alpha value is -3.21. The number of methoxy groups -OCH3 is 1. The summed E-state index contributed by atoms with van der Waals surface area (Å²) >= 11 is 6.06. The van der Waals surface area contributed by atoms with E-state index in [1.165, 1.54) is 13.2 Å². The summed E-state index contributed by atoms with van der Waals surface area (Å²) in [4.78, 5) is 12.3. The predicted molar refractivity (Wildman–Crippen MR) is 121 cm³/mol. The second-order valence-electron chi connectivity index (χ2n) is 7.05. The standard InChI is InChI=1S/C24H25ClN2O5/c1-29-23-14-17(13-18(15-26)24(28)27-16-19-5-4-10-30-19)8-9-22(23)32-12-11-31-21-7-3-2-6-20(21)25/h2-3,6-9,13-14,19H,4-5,10-12,16H2,1H3,(H,27,28)/b18-13+/t19-/m0/s1. The predicted octanol–water partition coefficient (Wildman–Crippen LogP) is 4.01. The van der Waals surface area contributed by atoms with Crippen LogP contribution in [0.5, 0.6) is 17.2 Å². The first kappa shape index (κ1) is 23.5. The number of amides is 1. The molecule has 0 saturated carbocycles. The molecule has 2 aromatic carbocycles. The first-order valence-electron chi connectivity index (χ1n) is 10.3. The van der Waals surface area contributed by atoms with Crippen molar-refractivity contribution in [1.29, 1.82) is 5.26 Å². The Kier molecular flexibility index (Phi) is 8.79. The van der Waals surface area contributed by atoms with Crippen molar-refractivity contribution in [2.45, 2.75) is 18.9 Å². The molecule has 1 heterocycles. The highest BCUT2D eigenvalue weighted by Crippen LogP contribution is 2.29. The summed E-state index contributed by atoms with van der Waals surface area (Å²) in [6.07, 6.45) is 3.42. The van der Waals surface area contributed by atoms with Crippen molar-refractivity contribution in [2.24, 2.45) is 0 Å². The fraction of sp³-hybridized carbons (Fsp3) is 0.333. The van der Waals surface area contributed by atoms with Crippen LogP contribution in [0.15, 0.2) is 48.0 Å². The summed E-state index contributed by atoms with van der Waals surface area (Å²) in [7, 11) is 1.52. The molecule has 3 rings (SSSR count). The van der Waals surface area contributed by atoms with Gasteiger partial charge in [-0.15, -0.1) is 0 Å². The zero-order valence-electron chi connectivity index (χ0n) is 17.8. The van der Waals surface area contributed by atoms with Crippen molar-refractivity contribution in [3.05, 3.63) is 58.6 Å². The van der Waals surface area contributed by atoms with Gasteiger partial charge in [0, 0.05) is 13.2 Å². The maximum Gasteiger partial charge on any atom is 0.262 e. The average molecular weight is 457 g/mol. The van der Waals surface area contributed by atoms with Gasteiger partial charge in [-0.05, 0) is 48.7 Å². The SMILES string of the molecule is COc1cc(/C=C(\C#N)C(=O)NC[C@@H]2CCCO2)ccc1OCCOc1ccccc1Cl. The number of nitriles is 1. The Balaban J connectivity index is 1.57. The Morgan fingerprint density at radius 2 is 2.00 bits per heavy atom. The van der Waals surface area contributed by atoms with E-state index in [9.17, 15) is 10.1 Å². The van der Waals surface area contributed by atoms with Gasteiger partial charge >= 0.3 is 0 Å². The topological polar surface area (TPSA) is 89.8 Å². The maximum atomic E-state index is 12.3. The molecule has 168 valence electrons. The number of hydrogen-bond acceptors (Lipinski definition) is 6. The molecule has 0 aromatic heterocycles. The number of nitrogens with zero attached hydrogens (tertiary/aromatic N) is 1. The van der Waals surface area contributed by atoms with Crippen LogP contribution in [0.3, 0.4) is 0 Å². The van der Waals surface area contributed by atoms with Gasteiger partial charge in [-0.2, -0.15) is 5.26 Å². The molecule has 1 fully saturated rings. The van der Waals surface area contributed by atoms with E-state index >= 15 is 0 Å². The van der Waals surface area contributed by atoms with Gasteiger partial charge in [0.1, 0.15) is 30.6 Å². The summed E-state index contributed by atoms with van der Waals surface area (Å²) < 4.78 is 22.2. The zero-order valence-corrected chi connectivity index (χ0v) is 18.6. The lowest BCUT2D eigenvalue weighted by atomic mass is 10.1.